The number of nitrogens with zero attached hydrogens (tertiary/aromatic N) is 3. The van der Waals surface area contributed by atoms with Gasteiger partial charge in [-0.25, -0.2) is 4.79 Å². The van der Waals surface area contributed by atoms with E-state index >= 15 is 0 Å². The molecule has 0 atom stereocenters. The van der Waals surface area contributed by atoms with E-state index < -0.39 is 5.97 Å². The van der Waals surface area contributed by atoms with Crippen LogP contribution in [0.15, 0.2) is 29.3 Å². The van der Waals surface area contributed by atoms with Crippen molar-refractivity contribution in [3.05, 3.63) is 41.2 Å². The molecular weight excluding hydrogens is 274 g/mol. The minimum absolute atomic E-state index is 0.00692. The van der Waals surface area contributed by atoms with Crippen LogP contribution < -0.4 is 0 Å². The second kappa shape index (κ2) is 5.66. The maximum Gasteiger partial charge on any atom is 0.358 e. The number of fused-ring (bicyclic) bond motifs is 1. The van der Waals surface area contributed by atoms with Gasteiger partial charge in [0.25, 0.3) is 0 Å². The van der Waals surface area contributed by atoms with Crippen molar-refractivity contribution in [1.82, 2.24) is 15.0 Å². The van der Waals surface area contributed by atoms with Crippen molar-refractivity contribution in [3.8, 4) is 0 Å². The summed E-state index contributed by atoms with van der Waals surface area (Å²) >= 11 is 1.76. The van der Waals surface area contributed by atoms with Gasteiger partial charge < -0.3 is 5.11 Å². The van der Waals surface area contributed by atoms with Gasteiger partial charge in [0.2, 0.25) is 0 Å². The smallest absolute Gasteiger partial charge is 0.358 e. The Bertz CT molecular complexity index is 639. The molecule has 1 aromatic heterocycles. The zero-order chi connectivity index (χ0) is 13.9. The van der Waals surface area contributed by atoms with Crippen LogP contribution in [0, 0.1) is 0 Å². The molecule has 6 heteroatoms. The number of carboxylic acid groups (broad SMARTS) is 1. The topological polar surface area (TPSA) is 68.0 Å². The summed E-state index contributed by atoms with van der Waals surface area (Å²) in [5, 5.41) is 16.2. The number of hydrogen-bond donors (Lipinski definition) is 1. The Morgan fingerprint density at radius 2 is 2.20 bits per heavy atom. The van der Waals surface area contributed by atoms with Crippen LogP contribution in [0.3, 0.4) is 0 Å². The number of hydrogen-bond acceptors (Lipinski definition) is 4. The summed E-state index contributed by atoms with van der Waals surface area (Å²) < 4.78 is 1.57. The summed E-state index contributed by atoms with van der Waals surface area (Å²) in [6.07, 6.45) is 5.12. The van der Waals surface area contributed by atoms with E-state index in [2.05, 4.69) is 28.5 Å². The van der Waals surface area contributed by atoms with Crippen LogP contribution in [0.4, 0.5) is 0 Å². The molecule has 0 amide bonds. The summed E-state index contributed by atoms with van der Waals surface area (Å²) in [5.74, 6) is -0.191. The van der Waals surface area contributed by atoms with Crippen LogP contribution in [-0.4, -0.2) is 31.8 Å². The molecular formula is C14H15N3O2S. The maximum absolute atomic E-state index is 10.7. The Kier molecular flexibility index (Phi) is 3.73. The van der Waals surface area contributed by atoms with Crippen LogP contribution >= 0.6 is 11.8 Å². The summed E-state index contributed by atoms with van der Waals surface area (Å²) in [4.78, 5) is 12.0. The molecule has 0 saturated carbocycles. The molecule has 1 N–H and O–H groups in total. The number of aromatic carboxylic acids is 1. The molecule has 1 aromatic carbocycles. The van der Waals surface area contributed by atoms with Gasteiger partial charge in [0.15, 0.2) is 5.69 Å². The molecule has 0 bridgehead atoms. The number of thioether (sulfide) groups is 1. The Balaban J connectivity index is 1.55. The first-order valence-electron chi connectivity index (χ1n) is 6.60. The van der Waals surface area contributed by atoms with Crippen molar-refractivity contribution in [2.45, 2.75) is 30.7 Å². The van der Waals surface area contributed by atoms with E-state index in [0.717, 1.165) is 5.75 Å². The van der Waals surface area contributed by atoms with E-state index in [-0.39, 0.29) is 5.69 Å². The molecule has 1 aliphatic carbocycles. The van der Waals surface area contributed by atoms with Gasteiger partial charge in [0, 0.05) is 10.6 Å². The number of carbonyl (C=O) groups is 1. The summed E-state index contributed by atoms with van der Waals surface area (Å²) in [7, 11) is 0. The van der Waals surface area contributed by atoms with Gasteiger partial charge in [-0.15, -0.1) is 16.9 Å². The minimum atomic E-state index is -1.04. The van der Waals surface area contributed by atoms with Crippen molar-refractivity contribution in [3.63, 3.8) is 0 Å². The van der Waals surface area contributed by atoms with Crippen LogP contribution in [0.5, 0.6) is 0 Å². The molecule has 20 heavy (non-hydrogen) atoms. The Hall–Kier alpha value is -1.82. The maximum atomic E-state index is 10.7. The van der Waals surface area contributed by atoms with Crippen molar-refractivity contribution < 1.29 is 9.90 Å². The van der Waals surface area contributed by atoms with Crippen molar-refractivity contribution in [1.29, 1.82) is 0 Å². The molecule has 0 aliphatic heterocycles. The van der Waals surface area contributed by atoms with E-state index in [4.69, 9.17) is 5.11 Å². The highest BCUT2D eigenvalue weighted by Gasteiger charge is 2.11. The second-order valence-electron chi connectivity index (χ2n) is 4.80. The Labute approximate surface area is 121 Å². The fraction of sp³-hybridized carbons (Fsp3) is 0.357. The normalized spacial score (nSPS) is 13.4. The molecule has 0 unspecified atom stereocenters. The molecule has 3 rings (SSSR count). The number of rotatable bonds is 5. The summed E-state index contributed by atoms with van der Waals surface area (Å²) in [6, 6.07) is 6.67. The molecule has 0 saturated heterocycles. The largest absolute Gasteiger partial charge is 0.476 e. The minimum Gasteiger partial charge on any atom is -0.476 e. The molecule has 0 spiro atoms. The third-order valence-corrected chi connectivity index (χ3v) is 4.39. The van der Waals surface area contributed by atoms with E-state index in [9.17, 15) is 4.79 Å². The molecule has 2 aromatic rings. The monoisotopic (exact) mass is 289 g/mol. The van der Waals surface area contributed by atoms with Gasteiger partial charge in [-0.2, -0.15) is 0 Å². The van der Waals surface area contributed by atoms with E-state index in [1.807, 2.05) is 0 Å². The molecule has 104 valence electrons. The van der Waals surface area contributed by atoms with Gasteiger partial charge >= 0.3 is 5.97 Å². The highest BCUT2D eigenvalue weighted by molar-refractivity contribution is 7.99. The lowest BCUT2D eigenvalue weighted by Crippen LogP contribution is -2.01. The van der Waals surface area contributed by atoms with Crippen molar-refractivity contribution in [2.24, 2.45) is 0 Å². The average molecular weight is 289 g/mol. The lowest BCUT2D eigenvalue weighted by molar-refractivity contribution is 0.0690. The third kappa shape index (κ3) is 2.85. The Morgan fingerprint density at radius 1 is 1.35 bits per heavy atom. The van der Waals surface area contributed by atoms with Crippen LogP contribution in [0.25, 0.3) is 0 Å². The molecule has 1 aliphatic rings. The Morgan fingerprint density at radius 3 is 3.00 bits per heavy atom. The SMILES string of the molecule is O=C(O)c1cn(CCSc2ccc3c(c2)CCC3)nn1. The lowest BCUT2D eigenvalue weighted by atomic mass is 10.1. The van der Waals surface area contributed by atoms with Gasteiger partial charge in [0.1, 0.15) is 0 Å². The predicted molar refractivity (Wildman–Crippen MR) is 76.2 cm³/mol. The van der Waals surface area contributed by atoms with Crippen molar-refractivity contribution in [2.75, 3.05) is 5.75 Å². The first-order valence-corrected chi connectivity index (χ1v) is 7.59. The fourth-order valence-electron chi connectivity index (χ4n) is 2.40. The molecule has 1 heterocycles. The highest BCUT2D eigenvalue weighted by atomic mass is 32.2. The van der Waals surface area contributed by atoms with Crippen LogP contribution in [0.1, 0.15) is 28.0 Å². The highest BCUT2D eigenvalue weighted by Crippen LogP contribution is 2.27. The number of carboxylic acids is 1. The lowest BCUT2D eigenvalue weighted by Gasteiger charge is -2.04. The number of aryl methyl sites for hydroxylation is 3. The predicted octanol–water partition coefficient (Wildman–Crippen LogP) is 2.26. The van der Waals surface area contributed by atoms with Gasteiger partial charge in [-0.3, -0.25) is 4.68 Å². The van der Waals surface area contributed by atoms with Crippen LogP contribution in [0.2, 0.25) is 0 Å². The van der Waals surface area contributed by atoms with E-state index in [1.165, 1.54) is 41.5 Å². The summed E-state index contributed by atoms with van der Waals surface area (Å²) in [6.45, 7) is 0.655. The zero-order valence-corrected chi connectivity index (χ0v) is 11.8. The van der Waals surface area contributed by atoms with E-state index in [0.29, 0.717) is 6.54 Å². The van der Waals surface area contributed by atoms with Crippen molar-refractivity contribution >= 4 is 17.7 Å². The molecule has 0 radical (unpaired) electrons. The quantitative estimate of drug-likeness (QED) is 0.855. The average Bonchev–Trinajstić information content (AvgIpc) is 3.06. The number of benzene rings is 1. The summed E-state index contributed by atoms with van der Waals surface area (Å²) in [5.41, 5.74) is 2.95. The van der Waals surface area contributed by atoms with Gasteiger partial charge in [-0.1, -0.05) is 11.3 Å². The number of aromatic nitrogens is 3. The van der Waals surface area contributed by atoms with Gasteiger partial charge in [0.05, 0.1) is 12.7 Å². The molecule has 5 nitrogen and oxygen atoms in total. The second-order valence-corrected chi connectivity index (χ2v) is 5.97. The standard InChI is InChI=1S/C14H15N3O2S/c18-14(19)13-9-17(16-15-13)6-7-20-12-5-4-10-2-1-3-11(10)8-12/h4-5,8-9H,1-3,6-7H2,(H,18,19). The first kappa shape index (κ1) is 13.2. The first-order chi connectivity index (χ1) is 9.72. The van der Waals surface area contributed by atoms with Crippen LogP contribution in [-0.2, 0) is 19.4 Å². The van der Waals surface area contributed by atoms with E-state index in [1.54, 1.807) is 16.4 Å². The van der Waals surface area contributed by atoms with Gasteiger partial charge in [-0.05, 0) is 42.5 Å². The zero-order valence-electron chi connectivity index (χ0n) is 11.0. The fourth-order valence-corrected chi connectivity index (χ4v) is 3.30. The molecule has 0 fully saturated rings. The third-order valence-electron chi connectivity index (χ3n) is 3.42.